The minimum Gasteiger partial charge on any atom is -0.507 e. The lowest BCUT2D eigenvalue weighted by molar-refractivity contribution is -0.135. The predicted octanol–water partition coefficient (Wildman–Crippen LogP) is 4.36. The molecule has 0 radical (unpaired) electrons. The molecule has 0 unspecified atom stereocenters. The van der Waals surface area contributed by atoms with E-state index in [2.05, 4.69) is 0 Å². The molecule has 1 heterocycles. The van der Waals surface area contributed by atoms with Gasteiger partial charge in [0.2, 0.25) is 0 Å². The number of ketones is 1. The van der Waals surface area contributed by atoms with Crippen LogP contribution in [0.5, 0.6) is 23.0 Å². The molecule has 6 heteroatoms. The molecular weight excluding hydrogens is 396 g/mol. The topological polar surface area (TPSA) is 93.1 Å². The van der Waals surface area contributed by atoms with E-state index >= 15 is 0 Å². The first-order valence-electron chi connectivity index (χ1n) is 9.98. The van der Waals surface area contributed by atoms with E-state index in [0.29, 0.717) is 12.0 Å². The third-order valence-corrected chi connectivity index (χ3v) is 5.49. The number of Topliss-reactive ketones (excluding diaryl/α,β-unsaturated/α-hetero) is 1. The highest BCUT2D eigenvalue weighted by molar-refractivity contribution is 6.03. The summed E-state index contributed by atoms with van der Waals surface area (Å²) >= 11 is 0. The fourth-order valence-corrected chi connectivity index (χ4v) is 3.93. The summed E-state index contributed by atoms with van der Waals surface area (Å²) in [5.74, 6) is -1.30. The Morgan fingerprint density at radius 3 is 2.45 bits per heavy atom. The van der Waals surface area contributed by atoms with Gasteiger partial charge in [-0.05, 0) is 29.7 Å². The second-order valence-electron chi connectivity index (χ2n) is 7.45. The maximum atomic E-state index is 13.0. The van der Waals surface area contributed by atoms with Crippen LogP contribution in [0.15, 0.2) is 60.7 Å². The fourth-order valence-electron chi connectivity index (χ4n) is 3.93. The van der Waals surface area contributed by atoms with Crippen LogP contribution in [-0.2, 0) is 11.2 Å². The van der Waals surface area contributed by atoms with Crippen molar-refractivity contribution in [3.63, 3.8) is 0 Å². The van der Waals surface area contributed by atoms with Crippen molar-refractivity contribution in [2.24, 2.45) is 0 Å². The summed E-state index contributed by atoms with van der Waals surface area (Å²) in [6.45, 7) is 0. The minimum atomic E-state index is -0.518. The number of rotatable bonds is 6. The van der Waals surface area contributed by atoms with Gasteiger partial charge in [-0.3, -0.25) is 9.59 Å². The molecule has 31 heavy (non-hydrogen) atoms. The maximum Gasteiger partial charge on any atom is 0.312 e. The zero-order chi connectivity index (χ0) is 22.0. The van der Waals surface area contributed by atoms with Crippen LogP contribution in [0.4, 0.5) is 0 Å². The van der Waals surface area contributed by atoms with E-state index in [1.54, 1.807) is 7.11 Å². The number of methoxy groups -OCH3 is 1. The van der Waals surface area contributed by atoms with Crippen LogP contribution in [0.1, 0.15) is 45.8 Å². The van der Waals surface area contributed by atoms with Gasteiger partial charge in [0, 0.05) is 24.0 Å². The lowest BCUT2D eigenvalue weighted by Crippen LogP contribution is -2.23. The lowest BCUT2D eigenvalue weighted by atomic mass is 9.83. The number of aromatic hydroxyl groups is 2. The van der Waals surface area contributed by atoms with E-state index in [-0.39, 0.29) is 35.7 Å². The number of aryl methyl sites for hydroxylation is 1. The molecule has 6 nitrogen and oxygen atoms in total. The molecule has 0 saturated heterocycles. The number of phenols is 2. The molecule has 3 aromatic carbocycles. The molecule has 0 fully saturated rings. The highest BCUT2D eigenvalue weighted by atomic mass is 16.5. The Labute approximate surface area is 179 Å². The summed E-state index contributed by atoms with van der Waals surface area (Å²) in [7, 11) is 1.58. The average Bonchev–Trinajstić information content (AvgIpc) is 2.77. The van der Waals surface area contributed by atoms with E-state index < -0.39 is 17.6 Å². The number of carbonyl (C=O) groups excluding carboxylic acids is 2. The molecule has 0 amide bonds. The summed E-state index contributed by atoms with van der Waals surface area (Å²) in [5.41, 5.74) is 2.02. The van der Waals surface area contributed by atoms with Crippen molar-refractivity contribution < 1.29 is 29.3 Å². The molecule has 2 N–H and O–H groups in total. The summed E-state index contributed by atoms with van der Waals surface area (Å²) in [6, 6.07) is 17.7. The first kappa shape index (κ1) is 20.5. The third kappa shape index (κ3) is 4.10. The summed E-state index contributed by atoms with van der Waals surface area (Å²) in [6.07, 6.45) is 0.577. The molecule has 1 atom stereocenters. The van der Waals surface area contributed by atoms with Crippen LogP contribution in [0, 0.1) is 0 Å². The van der Waals surface area contributed by atoms with Crippen LogP contribution in [0.2, 0.25) is 0 Å². The number of ether oxygens (including phenoxy) is 2. The van der Waals surface area contributed by atoms with Crippen molar-refractivity contribution in [1.82, 2.24) is 0 Å². The monoisotopic (exact) mass is 418 g/mol. The zero-order valence-electron chi connectivity index (χ0n) is 17.0. The Kier molecular flexibility index (Phi) is 5.62. The number of benzene rings is 3. The van der Waals surface area contributed by atoms with E-state index in [1.807, 2.05) is 54.6 Å². The third-order valence-electron chi connectivity index (χ3n) is 5.49. The molecule has 0 saturated carbocycles. The Bertz CT molecular complexity index is 1120. The van der Waals surface area contributed by atoms with Gasteiger partial charge in [0.1, 0.15) is 22.8 Å². The van der Waals surface area contributed by atoms with E-state index in [9.17, 15) is 19.8 Å². The van der Waals surface area contributed by atoms with E-state index in [0.717, 1.165) is 22.9 Å². The van der Waals surface area contributed by atoms with E-state index in [4.69, 9.17) is 9.47 Å². The van der Waals surface area contributed by atoms with Gasteiger partial charge in [-0.25, -0.2) is 0 Å². The van der Waals surface area contributed by atoms with Gasteiger partial charge in [-0.1, -0.05) is 42.5 Å². The Morgan fingerprint density at radius 1 is 1.06 bits per heavy atom. The molecular formula is C25H22O6. The standard InChI is InChI=1S/C25H22O6/c1-30-17-10-7-15(8-11-17)9-12-19(26)24-21(28)14-20(27)23-18(13-22(29)31-25(23)24)16-5-3-2-4-6-16/h2-8,10-11,14,18,27-28H,9,12-13H2,1H3/t18-/m0/s1. The van der Waals surface area contributed by atoms with Gasteiger partial charge in [0.05, 0.1) is 13.5 Å². The SMILES string of the molecule is COc1ccc(CCC(=O)c2c(O)cc(O)c3c2OC(=O)C[C@H]3c2ccccc2)cc1. The minimum absolute atomic E-state index is 0.0365. The van der Waals surface area contributed by atoms with Crippen molar-refractivity contribution in [2.75, 3.05) is 7.11 Å². The number of hydrogen-bond donors (Lipinski definition) is 2. The van der Waals surface area contributed by atoms with Crippen molar-refractivity contribution in [2.45, 2.75) is 25.2 Å². The van der Waals surface area contributed by atoms with Crippen LogP contribution >= 0.6 is 0 Å². The molecule has 0 aromatic heterocycles. The normalized spacial score (nSPS) is 15.1. The largest absolute Gasteiger partial charge is 0.507 e. The maximum absolute atomic E-state index is 13.0. The number of hydrogen-bond acceptors (Lipinski definition) is 6. The first-order valence-corrected chi connectivity index (χ1v) is 9.98. The fraction of sp³-hybridized carbons (Fsp3) is 0.200. The number of esters is 1. The van der Waals surface area contributed by atoms with Crippen molar-refractivity contribution >= 4 is 11.8 Å². The smallest absolute Gasteiger partial charge is 0.312 e. The van der Waals surface area contributed by atoms with Gasteiger partial charge >= 0.3 is 5.97 Å². The quantitative estimate of drug-likeness (QED) is 0.351. The number of fused-ring (bicyclic) bond motifs is 1. The van der Waals surface area contributed by atoms with E-state index in [1.165, 1.54) is 0 Å². The molecule has 3 aromatic rings. The summed E-state index contributed by atoms with van der Waals surface area (Å²) in [5, 5.41) is 21.0. The molecule has 1 aliphatic rings. The lowest BCUT2D eigenvalue weighted by Gasteiger charge is -2.27. The van der Waals surface area contributed by atoms with Gasteiger partial charge < -0.3 is 19.7 Å². The van der Waals surface area contributed by atoms with Crippen LogP contribution in [0.25, 0.3) is 0 Å². The van der Waals surface area contributed by atoms with Crippen LogP contribution in [-0.4, -0.2) is 29.1 Å². The van der Waals surface area contributed by atoms with Crippen molar-refractivity contribution in [3.05, 3.63) is 82.9 Å². The zero-order valence-corrected chi connectivity index (χ0v) is 17.0. The van der Waals surface area contributed by atoms with Gasteiger partial charge in [-0.2, -0.15) is 0 Å². The van der Waals surface area contributed by atoms with Gasteiger partial charge in [0.25, 0.3) is 0 Å². The molecule has 4 rings (SSSR count). The molecule has 0 aliphatic carbocycles. The van der Waals surface area contributed by atoms with Crippen molar-refractivity contribution in [3.8, 4) is 23.0 Å². The molecule has 158 valence electrons. The predicted molar refractivity (Wildman–Crippen MR) is 114 cm³/mol. The van der Waals surface area contributed by atoms with Crippen LogP contribution < -0.4 is 9.47 Å². The molecule has 1 aliphatic heterocycles. The second-order valence-corrected chi connectivity index (χ2v) is 7.45. The summed E-state index contributed by atoms with van der Waals surface area (Å²) < 4.78 is 10.5. The average molecular weight is 418 g/mol. The highest BCUT2D eigenvalue weighted by Gasteiger charge is 2.36. The van der Waals surface area contributed by atoms with Gasteiger partial charge in [-0.15, -0.1) is 0 Å². The first-order chi connectivity index (χ1) is 15.0. The molecule has 0 spiro atoms. The number of carbonyl (C=O) groups is 2. The Morgan fingerprint density at radius 2 is 1.77 bits per heavy atom. The Balaban J connectivity index is 1.68. The highest BCUT2D eigenvalue weighted by Crippen LogP contribution is 2.48. The number of phenolic OH excluding ortho intramolecular Hbond substituents is 2. The second kappa shape index (κ2) is 8.52. The van der Waals surface area contributed by atoms with Crippen molar-refractivity contribution in [1.29, 1.82) is 0 Å². The van der Waals surface area contributed by atoms with Crippen LogP contribution in [0.3, 0.4) is 0 Å². The summed E-state index contributed by atoms with van der Waals surface area (Å²) in [4.78, 5) is 25.4. The van der Waals surface area contributed by atoms with Gasteiger partial charge in [0.15, 0.2) is 11.5 Å². The Hall–Kier alpha value is -3.80. The molecule has 0 bridgehead atoms.